The van der Waals surface area contributed by atoms with Gasteiger partial charge >= 0.3 is 0 Å². The maximum Gasteiger partial charge on any atom is 0.191 e. The molecule has 0 spiro atoms. The summed E-state index contributed by atoms with van der Waals surface area (Å²) < 4.78 is 16.3. The number of nitrogens with zero attached hydrogens (tertiary/aromatic N) is 2. The second-order valence-corrected chi connectivity index (χ2v) is 7.49. The van der Waals surface area contributed by atoms with Crippen molar-refractivity contribution in [3.63, 3.8) is 0 Å². The lowest BCUT2D eigenvalue weighted by Gasteiger charge is -2.22. The number of likely N-dealkylation sites (tertiary alicyclic amines) is 1. The fraction of sp³-hybridized carbons (Fsp3) is 0.667. The first-order chi connectivity index (χ1) is 13.4. The molecule has 0 aromatic heterocycles. The molecule has 1 saturated heterocycles. The Morgan fingerprint density at radius 3 is 2.29 bits per heavy atom. The fourth-order valence-electron chi connectivity index (χ4n) is 3.49. The summed E-state index contributed by atoms with van der Waals surface area (Å²) in [5.74, 6) is 3.44. The lowest BCUT2D eigenvalue weighted by molar-refractivity contribution is 0.265. The van der Waals surface area contributed by atoms with Gasteiger partial charge in [0.2, 0.25) is 0 Å². The number of aliphatic imine (C=N–C) groups is 1. The lowest BCUT2D eigenvalue weighted by atomic mass is 10.1. The van der Waals surface area contributed by atoms with Gasteiger partial charge in [0.1, 0.15) is 5.75 Å². The highest BCUT2D eigenvalue weighted by atomic mass is 16.5. The van der Waals surface area contributed by atoms with E-state index in [0.717, 1.165) is 36.9 Å². The molecule has 1 fully saturated rings. The molecule has 0 aliphatic carbocycles. The highest BCUT2D eigenvalue weighted by Gasteiger charge is 2.31. The molecule has 2 unspecified atom stereocenters. The number of rotatable bonds is 8. The van der Waals surface area contributed by atoms with Crippen molar-refractivity contribution in [2.75, 3.05) is 41.0 Å². The van der Waals surface area contributed by atoms with Gasteiger partial charge in [0, 0.05) is 43.3 Å². The van der Waals surface area contributed by atoms with E-state index in [-0.39, 0.29) is 0 Å². The van der Waals surface area contributed by atoms with Gasteiger partial charge in [-0.2, -0.15) is 0 Å². The summed E-state index contributed by atoms with van der Waals surface area (Å²) in [6, 6.07) is 4.70. The molecule has 2 rings (SSSR count). The molecule has 2 atom stereocenters. The van der Waals surface area contributed by atoms with Gasteiger partial charge in [-0.05, 0) is 32.8 Å². The number of methoxy groups -OCH3 is 3. The Morgan fingerprint density at radius 1 is 1.11 bits per heavy atom. The van der Waals surface area contributed by atoms with Crippen LogP contribution in [0.15, 0.2) is 17.1 Å². The summed E-state index contributed by atoms with van der Waals surface area (Å²) in [6.45, 7) is 12.3. The van der Waals surface area contributed by atoms with Crippen LogP contribution in [0.5, 0.6) is 17.2 Å². The molecular weight excluding hydrogens is 356 g/mol. The van der Waals surface area contributed by atoms with Crippen LogP contribution in [0.4, 0.5) is 0 Å². The van der Waals surface area contributed by atoms with E-state index in [1.54, 1.807) is 21.3 Å². The van der Waals surface area contributed by atoms with Crippen LogP contribution in [0.3, 0.4) is 0 Å². The first kappa shape index (κ1) is 22.1. The van der Waals surface area contributed by atoms with Crippen molar-refractivity contribution >= 4 is 5.96 Å². The standard InChI is InChI=1S/C21H36N4O3/c1-8-22-21(24-17-13-25(14(2)3)12-15(17)4)23-11-16-9-19(27-6)20(28-7)10-18(16)26-5/h9-10,14-15,17H,8,11-13H2,1-7H3,(H2,22,23,24). The van der Waals surface area contributed by atoms with Crippen LogP contribution >= 0.6 is 0 Å². The van der Waals surface area contributed by atoms with Gasteiger partial charge in [0.15, 0.2) is 17.5 Å². The van der Waals surface area contributed by atoms with Gasteiger partial charge in [-0.15, -0.1) is 0 Å². The van der Waals surface area contributed by atoms with E-state index in [9.17, 15) is 0 Å². The van der Waals surface area contributed by atoms with E-state index >= 15 is 0 Å². The van der Waals surface area contributed by atoms with Crippen molar-refractivity contribution in [1.29, 1.82) is 0 Å². The average molecular weight is 393 g/mol. The van der Waals surface area contributed by atoms with E-state index in [1.165, 1.54) is 0 Å². The lowest BCUT2D eigenvalue weighted by Crippen LogP contribution is -2.46. The summed E-state index contributed by atoms with van der Waals surface area (Å²) in [5.41, 5.74) is 0.945. The maximum absolute atomic E-state index is 5.52. The van der Waals surface area contributed by atoms with Crippen molar-refractivity contribution in [2.24, 2.45) is 10.9 Å². The Bertz CT molecular complexity index is 663. The Kier molecular flexibility index (Phi) is 8.23. The number of nitrogens with one attached hydrogen (secondary N) is 2. The summed E-state index contributed by atoms with van der Waals surface area (Å²) in [7, 11) is 4.90. The Hall–Kier alpha value is -2.15. The third-order valence-electron chi connectivity index (χ3n) is 5.23. The van der Waals surface area contributed by atoms with E-state index in [4.69, 9.17) is 19.2 Å². The maximum atomic E-state index is 5.52. The number of benzene rings is 1. The monoisotopic (exact) mass is 392 g/mol. The number of hydrogen-bond donors (Lipinski definition) is 2. The SMILES string of the molecule is CCNC(=NCc1cc(OC)c(OC)cc1OC)NC1CN(C(C)C)CC1C. The zero-order chi connectivity index (χ0) is 20.7. The van der Waals surface area contributed by atoms with Crippen molar-refractivity contribution < 1.29 is 14.2 Å². The molecule has 2 N–H and O–H groups in total. The first-order valence-electron chi connectivity index (χ1n) is 10.0. The Balaban J connectivity index is 2.16. The van der Waals surface area contributed by atoms with E-state index in [1.807, 2.05) is 12.1 Å². The van der Waals surface area contributed by atoms with Crippen molar-refractivity contribution in [1.82, 2.24) is 15.5 Å². The quantitative estimate of drug-likeness (QED) is 0.523. The zero-order valence-electron chi connectivity index (χ0n) is 18.3. The summed E-state index contributed by atoms with van der Waals surface area (Å²) in [5, 5.41) is 6.97. The zero-order valence-corrected chi connectivity index (χ0v) is 18.3. The van der Waals surface area contributed by atoms with Gasteiger partial charge in [-0.25, -0.2) is 4.99 Å². The third-order valence-corrected chi connectivity index (χ3v) is 5.23. The Morgan fingerprint density at radius 2 is 1.75 bits per heavy atom. The van der Waals surface area contributed by atoms with E-state index in [2.05, 4.69) is 43.2 Å². The van der Waals surface area contributed by atoms with Crippen LogP contribution in [0.1, 0.15) is 33.3 Å². The number of guanidine groups is 1. The van der Waals surface area contributed by atoms with Crippen molar-refractivity contribution in [3.05, 3.63) is 17.7 Å². The van der Waals surface area contributed by atoms with Gasteiger partial charge in [-0.1, -0.05) is 6.92 Å². The van der Waals surface area contributed by atoms with E-state index < -0.39 is 0 Å². The number of hydrogen-bond acceptors (Lipinski definition) is 5. The van der Waals surface area contributed by atoms with Crippen LogP contribution in [0, 0.1) is 5.92 Å². The molecule has 158 valence electrons. The second-order valence-electron chi connectivity index (χ2n) is 7.49. The fourth-order valence-corrected chi connectivity index (χ4v) is 3.49. The molecular formula is C21H36N4O3. The topological polar surface area (TPSA) is 67.4 Å². The van der Waals surface area contributed by atoms with Crippen LogP contribution in [-0.2, 0) is 6.54 Å². The van der Waals surface area contributed by atoms with Crippen LogP contribution in [0.25, 0.3) is 0 Å². The molecule has 1 heterocycles. The van der Waals surface area contributed by atoms with Crippen molar-refractivity contribution in [3.8, 4) is 17.2 Å². The molecule has 0 amide bonds. The third kappa shape index (κ3) is 5.44. The minimum Gasteiger partial charge on any atom is -0.496 e. The molecule has 7 nitrogen and oxygen atoms in total. The highest BCUT2D eigenvalue weighted by Crippen LogP contribution is 2.34. The molecule has 1 aliphatic heterocycles. The molecule has 28 heavy (non-hydrogen) atoms. The minimum absolute atomic E-state index is 0.382. The van der Waals surface area contributed by atoms with Gasteiger partial charge in [0.25, 0.3) is 0 Å². The summed E-state index contributed by atoms with van der Waals surface area (Å²) >= 11 is 0. The highest BCUT2D eigenvalue weighted by molar-refractivity contribution is 5.80. The summed E-state index contributed by atoms with van der Waals surface area (Å²) in [4.78, 5) is 7.29. The van der Waals surface area contributed by atoms with Gasteiger partial charge < -0.3 is 24.8 Å². The van der Waals surface area contributed by atoms with Crippen molar-refractivity contribution in [2.45, 2.75) is 46.3 Å². The van der Waals surface area contributed by atoms with Gasteiger partial charge in [-0.3, -0.25) is 4.90 Å². The second kappa shape index (κ2) is 10.4. The molecule has 7 heteroatoms. The Labute approximate surface area is 169 Å². The summed E-state index contributed by atoms with van der Waals surface area (Å²) in [6.07, 6.45) is 0. The molecule has 1 aliphatic rings. The number of ether oxygens (including phenoxy) is 3. The first-order valence-corrected chi connectivity index (χ1v) is 10.0. The molecule has 0 bridgehead atoms. The van der Waals surface area contributed by atoms with Gasteiger partial charge in [0.05, 0.1) is 27.9 Å². The van der Waals surface area contributed by atoms with Crippen LogP contribution in [0.2, 0.25) is 0 Å². The van der Waals surface area contributed by atoms with Crippen LogP contribution < -0.4 is 24.8 Å². The van der Waals surface area contributed by atoms with Crippen LogP contribution in [-0.4, -0.2) is 63.9 Å². The molecule has 0 radical (unpaired) electrons. The molecule has 0 saturated carbocycles. The molecule has 1 aromatic carbocycles. The largest absolute Gasteiger partial charge is 0.496 e. The predicted molar refractivity (Wildman–Crippen MR) is 114 cm³/mol. The smallest absolute Gasteiger partial charge is 0.191 e. The molecule has 1 aromatic rings. The normalized spacial score (nSPS) is 20.4. The minimum atomic E-state index is 0.382. The predicted octanol–water partition coefficient (Wildman–Crippen LogP) is 2.50. The van der Waals surface area contributed by atoms with E-state index in [0.29, 0.717) is 36.0 Å². The average Bonchev–Trinajstić information content (AvgIpc) is 3.06.